The van der Waals surface area contributed by atoms with Crippen molar-refractivity contribution in [2.45, 2.75) is 6.54 Å². The topological polar surface area (TPSA) is 37.4 Å². The standard InChI is InChI=1S/C10H19N3OS/c1-13(2)4-6-14-5-3-11-7-10-8-12-9-15-10/h8-9,11H,3-7H2,1-2H3. The van der Waals surface area contributed by atoms with Crippen LogP contribution in [0.2, 0.25) is 0 Å². The van der Waals surface area contributed by atoms with Crippen LogP contribution in [0.3, 0.4) is 0 Å². The van der Waals surface area contributed by atoms with Gasteiger partial charge in [-0.25, -0.2) is 0 Å². The lowest BCUT2D eigenvalue weighted by molar-refractivity contribution is 0.119. The number of aromatic nitrogens is 1. The van der Waals surface area contributed by atoms with Gasteiger partial charge in [0, 0.05) is 30.7 Å². The molecule has 0 radical (unpaired) electrons. The van der Waals surface area contributed by atoms with Crippen LogP contribution in [0, 0.1) is 0 Å². The van der Waals surface area contributed by atoms with Gasteiger partial charge in [-0.15, -0.1) is 11.3 Å². The van der Waals surface area contributed by atoms with Crippen LogP contribution >= 0.6 is 11.3 Å². The summed E-state index contributed by atoms with van der Waals surface area (Å²) >= 11 is 1.67. The number of hydrogen-bond acceptors (Lipinski definition) is 5. The van der Waals surface area contributed by atoms with Gasteiger partial charge >= 0.3 is 0 Å². The van der Waals surface area contributed by atoms with Crippen LogP contribution in [0.1, 0.15) is 4.88 Å². The average molecular weight is 229 g/mol. The summed E-state index contributed by atoms with van der Waals surface area (Å²) in [6, 6.07) is 0. The maximum Gasteiger partial charge on any atom is 0.0794 e. The normalized spacial score (nSPS) is 11.1. The summed E-state index contributed by atoms with van der Waals surface area (Å²) in [6.07, 6.45) is 1.89. The number of ether oxygens (including phenoxy) is 1. The van der Waals surface area contributed by atoms with Gasteiger partial charge in [0.1, 0.15) is 0 Å². The Balaban J connectivity index is 1.85. The van der Waals surface area contributed by atoms with E-state index < -0.39 is 0 Å². The first-order chi connectivity index (χ1) is 7.29. The second-order valence-electron chi connectivity index (χ2n) is 3.56. The van der Waals surface area contributed by atoms with Crippen molar-refractivity contribution in [2.24, 2.45) is 0 Å². The van der Waals surface area contributed by atoms with Gasteiger partial charge in [0.25, 0.3) is 0 Å². The summed E-state index contributed by atoms with van der Waals surface area (Å²) in [5.41, 5.74) is 1.85. The monoisotopic (exact) mass is 229 g/mol. The summed E-state index contributed by atoms with van der Waals surface area (Å²) < 4.78 is 5.45. The van der Waals surface area contributed by atoms with E-state index in [1.807, 2.05) is 25.8 Å². The molecule has 86 valence electrons. The number of hydrogen-bond donors (Lipinski definition) is 1. The van der Waals surface area contributed by atoms with E-state index >= 15 is 0 Å². The van der Waals surface area contributed by atoms with Gasteiger partial charge in [-0.05, 0) is 14.1 Å². The van der Waals surface area contributed by atoms with E-state index in [0.29, 0.717) is 0 Å². The first kappa shape index (κ1) is 12.6. The Morgan fingerprint density at radius 3 is 3.00 bits per heavy atom. The largest absolute Gasteiger partial charge is 0.379 e. The molecule has 1 heterocycles. The minimum Gasteiger partial charge on any atom is -0.379 e. The fourth-order valence-electron chi connectivity index (χ4n) is 1.03. The highest BCUT2D eigenvalue weighted by molar-refractivity contribution is 7.09. The molecule has 0 aromatic carbocycles. The number of rotatable bonds is 8. The summed E-state index contributed by atoms with van der Waals surface area (Å²) in [4.78, 5) is 7.39. The molecule has 0 atom stereocenters. The molecule has 5 heteroatoms. The zero-order valence-corrected chi connectivity index (χ0v) is 10.2. The van der Waals surface area contributed by atoms with Crippen molar-refractivity contribution in [3.05, 3.63) is 16.6 Å². The third-order valence-corrected chi connectivity index (χ3v) is 2.67. The van der Waals surface area contributed by atoms with Gasteiger partial charge < -0.3 is 15.0 Å². The first-order valence-electron chi connectivity index (χ1n) is 5.09. The highest BCUT2D eigenvalue weighted by Gasteiger charge is 1.94. The van der Waals surface area contributed by atoms with Crippen LogP contribution in [-0.4, -0.2) is 50.3 Å². The molecule has 0 aliphatic carbocycles. The quantitative estimate of drug-likeness (QED) is 0.669. The SMILES string of the molecule is CN(C)CCOCCNCc1cncs1. The van der Waals surface area contributed by atoms with E-state index in [4.69, 9.17) is 4.74 Å². The smallest absolute Gasteiger partial charge is 0.0794 e. The molecule has 4 nitrogen and oxygen atoms in total. The molecule has 0 saturated carbocycles. The van der Waals surface area contributed by atoms with Crippen LogP contribution in [0.25, 0.3) is 0 Å². The number of nitrogens with one attached hydrogen (secondary N) is 1. The number of likely N-dealkylation sites (N-methyl/N-ethyl adjacent to an activating group) is 1. The van der Waals surface area contributed by atoms with Crippen molar-refractivity contribution in [1.82, 2.24) is 15.2 Å². The zero-order valence-electron chi connectivity index (χ0n) is 9.40. The van der Waals surface area contributed by atoms with E-state index in [2.05, 4.69) is 15.2 Å². The minimum absolute atomic E-state index is 0.770. The lowest BCUT2D eigenvalue weighted by atomic mass is 10.5. The number of nitrogens with zero attached hydrogens (tertiary/aromatic N) is 2. The van der Waals surface area contributed by atoms with Crippen molar-refractivity contribution < 1.29 is 4.74 Å². The Hall–Kier alpha value is -0.490. The van der Waals surface area contributed by atoms with E-state index in [-0.39, 0.29) is 0 Å². The Morgan fingerprint density at radius 1 is 1.47 bits per heavy atom. The molecule has 0 aliphatic heterocycles. The lowest BCUT2D eigenvalue weighted by Gasteiger charge is -2.09. The molecular weight excluding hydrogens is 210 g/mol. The molecule has 0 aliphatic rings. The van der Waals surface area contributed by atoms with Gasteiger partial charge in [0.15, 0.2) is 0 Å². The van der Waals surface area contributed by atoms with Gasteiger partial charge in [-0.1, -0.05) is 0 Å². The molecular formula is C10H19N3OS. The molecule has 0 bridgehead atoms. The van der Waals surface area contributed by atoms with Crippen LogP contribution in [0.5, 0.6) is 0 Å². The maximum absolute atomic E-state index is 5.45. The van der Waals surface area contributed by atoms with E-state index in [1.165, 1.54) is 4.88 Å². The van der Waals surface area contributed by atoms with Crippen molar-refractivity contribution >= 4 is 11.3 Å². The molecule has 0 fully saturated rings. The van der Waals surface area contributed by atoms with Gasteiger partial charge in [0.05, 0.1) is 18.7 Å². The average Bonchev–Trinajstić information content (AvgIpc) is 2.68. The second-order valence-corrected chi connectivity index (χ2v) is 4.53. The number of thiazole rings is 1. The summed E-state index contributed by atoms with van der Waals surface area (Å²) in [7, 11) is 4.09. The summed E-state index contributed by atoms with van der Waals surface area (Å²) in [5, 5.41) is 3.31. The van der Waals surface area contributed by atoms with Crippen LogP contribution in [0.4, 0.5) is 0 Å². The Kier molecular flexibility index (Phi) is 6.50. The molecule has 0 spiro atoms. The third kappa shape index (κ3) is 6.57. The summed E-state index contributed by atoms with van der Waals surface area (Å²) in [6.45, 7) is 4.34. The van der Waals surface area contributed by atoms with E-state index in [0.717, 1.165) is 32.8 Å². The fourth-order valence-corrected chi connectivity index (χ4v) is 1.60. The van der Waals surface area contributed by atoms with Crippen LogP contribution in [0.15, 0.2) is 11.7 Å². The van der Waals surface area contributed by atoms with E-state index in [1.54, 1.807) is 11.3 Å². The van der Waals surface area contributed by atoms with Gasteiger partial charge in [0.2, 0.25) is 0 Å². The lowest BCUT2D eigenvalue weighted by Crippen LogP contribution is -2.22. The summed E-state index contributed by atoms with van der Waals surface area (Å²) in [5.74, 6) is 0. The Morgan fingerprint density at radius 2 is 2.33 bits per heavy atom. The van der Waals surface area contributed by atoms with Crippen LogP contribution in [-0.2, 0) is 11.3 Å². The first-order valence-corrected chi connectivity index (χ1v) is 5.97. The second kappa shape index (κ2) is 7.76. The highest BCUT2D eigenvalue weighted by atomic mass is 32.1. The predicted molar refractivity (Wildman–Crippen MR) is 63.2 cm³/mol. The molecule has 1 aromatic rings. The molecule has 0 unspecified atom stereocenters. The molecule has 0 saturated heterocycles. The minimum atomic E-state index is 0.770. The van der Waals surface area contributed by atoms with Crippen molar-refractivity contribution in [3.8, 4) is 0 Å². The fraction of sp³-hybridized carbons (Fsp3) is 0.700. The third-order valence-electron chi connectivity index (χ3n) is 1.89. The Labute approximate surface area is 95.3 Å². The predicted octanol–water partition coefficient (Wildman–Crippen LogP) is 0.811. The molecule has 0 amide bonds. The van der Waals surface area contributed by atoms with Crippen LogP contribution < -0.4 is 5.32 Å². The molecule has 1 rings (SSSR count). The van der Waals surface area contributed by atoms with Gasteiger partial charge in [-0.3, -0.25) is 4.98 Å². The van der Waals surface area contributed by atoms with E-state index in [9.17, 15) is 0 Å². The van der Waals surface area contributed by atoms with Gasteiger partial charge in [-0.2, -0.15) is 0 Å². The molecule has 1 N–H and O–H groups in total. The van der Waals surface area contributed by atoms with Crippen molar-refractivity contribution in [1.29, 1.82) is 0 Å². The Bertz CT molecular complexity index is 239. The maximum atomic E-state index is 5.45. The molecule has 1 aromatic heterocycles. The van der Waals surface area contributed by atoms with Crippen molar-refractivity contribution in [2.75, 3.05) is 40.4 Å². The zero-order chi connectivity index (χ0) is 10.9. The highest BCUT2D eigenvalue weighted by Crippen LogP contribution is 2.03. The molecule has 15 heavy (non-hydrogen) atoms. The van der Waals surface area contributed by atoms with Crippen molar-refractivity contribution in [3.63, 3.8) is 0 Å².